The molecule has 1 amide bonds. The van der Waals surface area contributed by atoms with Gasteiger partial charge in [-0.05, 0) is 17.7 Å². The average molecular weight is 234 g/mol. The van der Waals surface area contributed by atoms with Crippen LogP contribution in [0.15, 0.2) is 23.3 Å². The Balaban J connectivity index is 2.14. The van der Waals surface area contributed by atoms with Crippen molar-refractivity contribution in [3.8, 4) is 11.5 Å². The maximum atomic E-state index is 11.0. The van der Waals surface area contributed by atoms with Crippen molar-refractivity contribution in [2.75, 3.05) is 14.2 Å². The Bertz CT molecular complexity index is 469. The second-order valence-electron chi connectivity index (χ2n) is 3.76. The molecule has 1 N–H and O–H groups in total. The van der Waals surface area contributed by atoms with E-state index in [1.807, 2.05) is 18.2 Å². The minimum Gasteiger partial charge on any atom is -0.493 e. The Morgan fingerprint density at radius 1 is 1.29 bits per heavy atom. The van der Waals surface area contributed by atoms with E-state index in [-0.39, 0.29) is 5.91 Å². The summed E-state index contributed by atoms with van der Waals surface area (Å²) in [5, 5.41) is 3.96. The van der Waals surface area contributed by atoms with Gasteiger partial charge in [0, 0.05) is 6.42 Å². The molecule has 0 saturated carbocycles. The number of ether oxygens (including phenoxy) is 2. The SMILES string of the molecule is COc1ccc(CC2=NNC(=O)C2)cc1OC. The highest BCUT2D eigenvalue weighted by atomic mass is 16.5. The average Bonchev–Trinajstić information content (AvgIpc) is 2.74. The third kappa shape index (κ3) is 2.55. The maximum absolute atomic E-state index is 11.0. The van der Waals surface area contributed by atoms with Gasteiger partial charge in [-0.2, -0.15) is 5.10 Å². The van der Waals surface area contributed by atoms with Crippen molar-refractivity contribution in [2.24, 2.45) is 5.10 Å². The zero-order valence-corrected chi connectivity index (χ0v) is 9.82. The largest absolute Gasteiger partial charge is 0.493 e. The second-order valence-corrected chi connectivity index (χ2v) is 3.76. The fraction of sp³-hybridized carbons (Fsp3) is 0.333. The molecular weight excluding hydrogens is 220 g/mol. The lowest BCUT2D eigenvalue weighted by Gasteiger charge is -2.09. The van der Waals surface area contributed by atoms with Crippen LogP contribution in [0.25, 0.3) is 0 Å². The Hall–Kier alpha value is -2.04. The Kier molecular flexibility index (Phi) is 3.27. The number of hydrazone groups is 1. The number of methoxy groups -OCH3 is 2. The minimum atomic E-state index is -0.0551. The lowest BCUT2D eigenvalue weighted by molar-refractivity contribution is -0.119. The van der Waals surface area contributed by atoms with Gasteiger partial charge in [0.15, 0.2) is 11.5 Å². The van der Waals surface area contributed by atoms with Crippen LogP contribution in [0.2, 0.25) is 0 Å². The van der Waals surface area contributed by atoms with Gasteiger partial charge in [-0.3, -0.25) is 4.79 Å². The molecule has 0 atom stereocenters. The summed E-state index contributed by atoms with van der Waals surface area (Å²) in [6.45, 7) is 0. The van der Waals surface area contributed by atoms with Gasteiger partial charge in [0.1, 0.15) is 0 Å². The first-order valence-electron chi connectivity index (χ1n) is 5.28. The molecule has 0 aromatic heterocycles. The smallest absolute Gasteiger partial charge is 0.245 e. The lowest BCUT2D eigenvalue weighted by Crippen LogP contribution is -2.09. The molecular formula is C12H14N2O3. The monoisotopic (exact) mass is 234 g/mol. The number of rotatable bonds is 4. The highest BCUT2D eigenvalue weighted by Crippen LogP contribution is 2.27. The van der Waals surface area contributed by atoms with E-state index in [0.29, 0.717) is 24.3 Å². The van der Waals surface area contributed by atoms with Crippen LogP contribution >= 0.6 is 0 Å². The Labute approximate surface area is 99.4 Å². The molecule has 1 aliphatic rings. The Morgan fingerprint density at radius 2 is 2.06 bits per heavy atom. The topological polar surface area (TPSA) is 59.9 Å². The van der Waals surface area contributed by atoms with E-state index in [9.17, 15) is 4.79 Å². The van der Waals surface area contributed by atoms with Crippen molar-refractivity contribution in [2.45, 2.75) is 12.8 Å². The first-order chi connectivity index (χ1) is 8.22. The molecule has 5 nitrogen and oxygen atoms in total. The van der Waals surface area contributed by atoms with E-state index < -0.39 is 0 Å². The van der Waals surface area contributed by atoms with Gasteiger partial charge in [0.25, 0.3) is 0 Å². The highest BCUT2D eigenvalue weighted by Gasteiger charge is 2.15. The standard InChI is InChI=1S/C12H14N2O3/c1-16-10-4-3-8(6-11(10)17-2)5-9-7-12(15)14-13-9/h3-4,6H,5,7H2,1-2H3,(H,14,15). The fourth-order valence-electron chi connectivity index (χ4n) is 1.73. The summed E-state index contributed by atoms with van der Waals surface area (Å²) in [5.74, 6) is 1.32. The summed E-state index contributed by atoms with van der Waals surface area (Å²) < 4.78 is 10.4. The first-order valence-corrected chi connectivity index (χ1v) is 5.28. The normalized spacial score (nSPS) is 14.2. The molecule has 5 heteroatoms. The van der Waals surface area contributed by atoms with Crippen LogP contribution in [0.1, 0.15) is 12.0 Å². The molecule has 17 heavy (non-hydrogen) atoms. The Morgan fingerprint density at radius 3 is 2.65 bits per heavy atom. The molecule has 1 aliphatic heterocycles. The number of nitrogens with one attached hydrogen (secondary N) is 1. The fourth-order valence-corrected chi connectivity index (χ4v) is 1.73. The summed E-state index contributed by atoms with van der Waals surface area (Å²) in [7, 11) is 3.20. The van der Waals surface area contributed by atoms with E-state index >= 15 is 0 Å². The molecule has 1 aromatic rings. The van der Waals surface area contributed by atoms with Crippen LogP contribution in [0.5, 0.6) is 11.5 Å². The van der Waals surface area contributed by atoms with Crippen LogP contribution in [0, 0.1) is 0 Å². The zero-order chi connectivity index (χ0) is 12.3. The van der Waals surface area contributed by atoms with Crippen LogP contribution in [-0.4, -0.2) is 25.8 Å². The summed E-state index contributed by atoms with van der Waals surface area (Å²) >= 11 is 0. The summed E-state index contributed by atoms with van der Waals surface area (Å²) in [6, 6.07) is 5.68. The van der Waals surface area contributed by atoms with Crippen molar-refractivity contribution in [1.29, 1.82) is 0 Å². The number of hydrogen-bond acceptors (Lipinski definition) is 4. The van der Waals surface area contributed by atoms with Crippen molar-refractivity contribution >= 4 is 11.6 Å². The molecule has 0 unspecified atom stereocenters. The molecule has 0 radical (unpaired) electrons. The van der Waals surface area contributed by atoms with Crippen LogP contribution < -0.4 is 14.9 Å². The minimum absolute atomic E-state index is 0.0551. The van der Waals surface area contributed by atoms with Gasteiger partial charge >= 0.3 is 0 Å². The first kappa shape index (κ1) is 11.4. The number of benzene rings is 1. The van der Waals surface area contributed by atoms with E-state index in [0.717, 1.165) is 11.3 Å². The summed E-state index contributed by atoms with van der Waals surface area (Å²) in [6.07, 6.45) is 1.01. The van der Waals surface area contributed by atoms with Crippen molar-refractivity contribution in [3.63, 3.8) is 0 Å². The quantitative estimate of drug-likeness (QED) is 0.849. The lowest BCUT2D eigenvalue weighted by atomic mass is 10.1. The van der Waals surface area contributed by atoms with Gasteiger partial charge < -0.3 is 9.47 Å². The van der Waals surface area contributed by atoms with Crippen LogP contribution in [0.4, 0.5) is 0 Å². The molecule has 2 rings (SSSR count). The van der Waals surface area contributed by atoms with Gasteiger partial charge in [-0.25, -0.2) is 5.43 Å². The van der Waals surface area contributed by atoms with Crippen molar-refractivity contribution < 1.29 is 14.3 Å². The zero-order valence-electron chi connectivity index (χ0n) is 9.82. The predicted octanol–water partition coefficient (Wildman–Crippen LogP) is 1.12. The molecule has 0 bridgehead atoms. The highest BCUT2D eigenvalue weighted by molar-refractivity contribution is 6.05. The van der Waals surface area contributed by atoms with Crippen molar-refractivity contribution in [3.05, 3.63) is 23.8 Å². The molecule has 1 heterocycles. The third-order valence-corrected chi connectivity index (χ3v) is 2.56. The van der Waals surface area contributed by atoms with Gasteiger partial charge in [-0.15, -0.1) is 0 Å². The van der Waals surface area contributed by atoms with E-state index in [2.05, 4.69) is 10.5 Å². The van der Waals surface area contributed by atoms with Crippen LogP contribution in [0.3, 0.4) is 0 Å². The molecule has 0 spiro atoms. The van der Waals surface area contributed by atoms with E-state index in [1.165, 1.54) is 0 Å². The second kappa shape index (κ2) is 4.86. The third-order valence-electron chi connectivity index (χ3n) is 2.56. The van der Waals surface area contributed by atoms with E-state index in [4.69, 9.17) is 9.47 Å². The molecule has 0 aliphatic carbocycles. The number of amides is 1. The number of carbonyl (C=O) groups excluding carboxylic acids is 1. The number of carbonyl (C=O) groups is 1. The molecule has 1 aromatic carbocycles. The van der Waals surface area contributed by atoms with Gasteiger partial charge in [-0.1, -0.05) is 6.07 Å². The summed E-state index contributed by atoms with van der Waals surface area (Å²) in [4.78, 5) is 11.0. The predicted molar refractivity (Wildman–Crippen MR) is 63.4 cm³/mol. The molecule has 0 fully saturated rings. The van der Waals surface area contributed by atoms with E-state index in [1.54, 1.807) is 14.2 Å². The maximum Gasteiger partial charge on any atom is 0.245 e. The molecule has 90 valence electrons. The van der Waals surface area contributed by atoms with Gasteiger partial charge in [0.2, 0.25) is 5.91 Å². The van der Waals surface area contributed by atoms with Gasteiger partial charge in [0.05, 0.1) is 26.4 Å². The number of nitrogens with zero attached hydrogens (tertiary/aromatic N) is 1. The van der Waals surface area contributed by atoms with Crippen LogP contribution in [-0.2, 0) is 11.2 Å². The van der Waals surface area contributed by atoms with Crippen molar-refractivity contribution in [1.82, 2.24) is 5.43 Å². The number of hydrogen-bond donors (Lipinski definition) is 1. The molecule has 0 saturated heterocycles. The summed E-state index contributed by atoms with van der Waals surface area (Å²) in [5.41, 5.74) is 4.31.